The molecule has 1 aliphatic heterocycles. The fourth-order valence-electron chi connectivity index (χ4n) is 3.26. The molecule has 1 aromatic heterocycles. The van der Waals surface area contributed by atoms with Crippen LogP contribution in [0, 0.1) is 0 Å². The zero-order valence-corrected chi connectivity index (χ0v) is 16.3. The standard InChI is InChI=1S/C21H28N4O2/c1-16-14-25(15-17(2)24(16)3)20-11-7-10-19(23-20)21(26)22-12-13-27-18-8-5-4-6-9-18/h4-11,16-17H,12-15H2,1-3H3,(H,22,26). The van der Waals surface area contributed by atoms with E-state index in [1.165, 1.54) is 0 Å². The number of anilines is 1. The van der Waals surface area contributed by atoms with Gasteiger partial charge in [-0.1, -0.05) is 24.3 Å². The number of hydrogen-bond acceptors (Lipinski definition) is 5. The van der Waals surface area contributed by atoms with E-state index in [4.69, 9.17) is 4.74 Å². The lowest BCUT2D eigenvalue weighted by Crippen LogP contribution is -2.55. The highest BCUT2D eigenvalue weighted by atomic mass is 16.5. The number of likely N-dealkylation sites (N-methyl/N-ethyl adjacent to an activating group) is 1. The van der Waals surface area contributed by atoms with E-state index < -0.39 is 0 Å². The second-order valence-corrected chi connectivity index (χ2v) is 7.07. The van der Waals surface area contributed by atoms with Crippen LogP contribution in [0.1, 0.15) is 24.3 Å². The third kappa shape index (κ3) is 4.98. The predicted octanol–water partition coefficient (Wildman–Crippen LogP) is 2.42. The largest absolute Gasteiger partial charge is 0.492 e. The van der Waals surface area contributed by atoms with Gasteiger partial charge in [-0.15, -0.1) is 0 Å². The number of pyridine rings is 1. The van der Waals surface area contributed by atoms with Crippen molar-refractivity contribution in [1.29, 1.82) is 0 Å². The maximum Gasteiger partial charge on any atom is 0.270 e. The summed E-state index contributed by atoms with van der Waals surface area (Å²) >= 11 is 0. The Bertz CT molecular complexity index is 741. The summed E-state index contributed by atoms with van der Waals surface area (Å²) in [7, 11) is 2.15. The molecule has 0 bridgehead atoms. The van der Waals surface area contributed by atoms with Crippen LogP contribution in [0.15, 0.2) is 48.5 Å². The molecule has 2 atom stereocenters. The summed E-state index contributed by atoms with van der Waals surface area (Å²) < 4.78 is 5.60. The van der Waals surface area contributed by atoms with Crippen molar-refractivity contribution in [3.8, 4) is 5.75 Å². The summed E-state index contributed by atoms with van der Waals surface area (Å²) in [6.45, 7) is 7.09. The third-order valence-electron chi connectivity index (χ3n) is 5.05. The van der Waals surface area contributed by atoms with E-state index in [0.717, 1.165) is 24.7 Å². The van der Waals surface area contributed by atoms with Gasteiger partial charge in [0.05, 0.1) is 6.54 Å². The van der Waals surface area contributed by atoms with Crippen molar-refractivity contribution in [1.82, 2.24) is 15.2 Å². The molecule has 1 saturated heterocycles. The maximum absolute atomic E-state index is 12.4. The summed E-state index contributed by atoms with van der Waals surface area (Å²) in [5, 5.41) is 2.87. The first-order valence-corrected chi connectivity index (χ1v) is 9.44. The number of para-hydroxylation sites is 1. The van der Waals surface area contributed by atoms with E-state index in [2.05, 4.69) is 41.0 Å². The van der Waals surface area contributed by atoms with Gasteiger partial charge in [0, 0.05) is 25.2 Å². The Morgan fingerprint density at radius 1 is 1.11 bits per heavy atom. The van der Waals surface area contributed by atoms with Crippen LogP contribution in [0.4, 0.5) is 5.82 Å². The normalized spacial score (nSPS) is 20.3. The molecule has 2 aromatic rings. The second-order valence-electron chi connectivity index (χ2n) is 7.07. The summed E-state index contributed by atoms with van der Waals surface area (Å²) in [6.07, 6.45) is 0. The van der Waals surface area contributed by atoms with Crippen LogP contribution in [0.2, 0.25) is 0 Å². The number of rotatable bonds is 6. The lowest BCUT2D eigenvalue weighted by atomic mass is 10.1. The minimum absolute atomic E-state index is 0.177. The van der Waals surface area contributed by atoms with Crippen LogP contribution in [0.5, 0.6) is 5.75 Å². The van der Waals surface area contributed by atoms with Gasteiger partial charge >= 0.3 is 0 Å². The topological polar surface area (TPSA) is 57.7 Å². The minimum Gasteiger partial charge on any atom is -0.492 e. The first-order chi connectivity index (χ1) is 13.0. The van der Waals surface area contributed by atoms with Crippen LogP contribution >= 0.6 is 0 Å². The van der Waals surface area contributed by atoms with E-state index in [0.29, 0.717) is 30.9 Å². The number of benzene rings is 1. The van der Waals surface area contributed by atoms with E-state index >= 15 is 0 Å². The van der Waals surface area contributed by atoms with Crippen LogP contribution in [0.3, 0.4) is 0 Å². The number of ether oxygens (including phenoxy) is 1. The van der Waals surface area contributed by atoms with Crippen molar-refractivity contribution in [2.24, 2.45) is 0 Å². The van der Waals surface area contributed by atoms with Crippen LogP contribution in [-0.2, 0) is 0 Å². The van der Waals surface area contributed by atoms with Gasteiger partial charge < -0.3 is 15.0 Å². The Morgan fingerprint density at radius 2 is 1.81 bits per heavy atom. The Balaban J connectivity index is 1.54. The van der Waals surface area contributed by atoms with Crippen molar-refractivity contribution in [2.75, 3.05) is 38.2 Å². The van der Waals surface area contributed by atoms with Gasteiger partial charge in [0.1, 0.15) is 23.9 Å². The van der Waals surface area contributed by atoms with Crippen LogP contribution in [0.25, 0.3) is 0 Å². The highest BCUT2D eigenvalue weighted by molar-refractivity contribution is 5.92. The zero-order chi connectivity index (χ0) is 19.2. The molecule has 1 fully saturated rings. The molecule has 0 radical (unpaired) electrons. The lowest BCUT2D eigenvalue weighted by Gasteiger charge is -2.43. The third-order valence-corrected chi connectivity index (χ3v) is 5.05. The molecule has 0 saturated carbocycles. The number of nitrogens with one attached hydrogen (secondary N) is 1. The Labute approximate surface area is 161 Å². The molecule has 0 spiro atoms. The smallest absolute Gasteiger partial charge is 0.270 e. The highest BCUT2D eigenvalue weighted by Gasteiger charge is 2.27. The summed E-state index contributed by atoms with van der Waals surface area (Å²) in [4.78, 5) is 21.6. The molecule has 0 aliphatic carbocycles. The Morgan fingerprint density at radius 3 is 2.52 bits per heavy atom. The first-order valence-electron chi connectivity index (χ1n) is 9.44. The number of nitrogens with zero attached hydrogens (tertiary/aromatic N) is 3. The van der Waals surface area contributed by atoms with Crippen LogP contribution in [-0.4, -0.2) is 61.2 Å². The molecule has 3 rings (SSSR count). The second kappa shape index (κ2) is 8.86. The number of carbonyl (C=O) groups excluding carboxylic acids is 1. The SMILES string of the molecule is CC1CN(c2cccc(C(=O)NCCOc3ccccc3)n2)CC(C)N1C. The van der Waals surface area contributed by atoms with Gasteiger partial charge in [-0.25, -0.2) is 4.98 Å². The monoisotopic (exact) mass is 368 g/mol. The van der Waals surface area contributed by atoms with Gasteiger partial charge in [-0.2, -0.15) is 0 Å². The number of aromatic nitrogens is 1. The summed E-state index contributed by atoms with van der Waals surface area (Å²) in [5.74, 6) is 1.48. The molecule has 1 N–H and O–H groups in total. The maximum atomic E-state index is 12.4. The zero-order valence-electron chi connectivity index (χ0n) is 16.3. The van der Waals surface area contributed by atoms with Crippen molar-refractivity contribution >= 4 is 11.7 Å². The van der Waals surface area contributed by atoms with E-state index in [9.17, 15) is 4.79 Å². The lowest BCUT2D eigenvalue weighted by molar-refractivity contribution is 0.0942. The summed E-state index contributed by atoms with van der Waals surface area (Å²) in [6, 6.07) is 16.1. The van der Waals surface area contributed by atoms with E-state index in [-0.39, 0.29) is 5.91 Å². The highest BCUT2D eigenvalue weighted by Crippen LogP contribution is 2.20. The van der Waals surface area contributed by atoms with Gasteiger partial charge in [0.15, 0.2) is 0 Å². The van der Waals surface area contributed by atoms with Crippen molar-refractivity contribution in [2.45, 2.75) is 25.9 Å². The molecule has 6 nitrogen and oxygen atoms in total. The molecular formula is C21H28N4O2. The number of hydrogen-bond donors (Lipinski definition) is 1. The van der Waals surface area contributed by atoms with Crippen molar-refractivity contribution in [3.63, 3.8) is 0 Å². The molecule has 144 valence electrons. The predicted molar refractivity (Wildman–Crippen MR) is 107 cm³/mol. The van der Waals surface area contributed by atoms with Gasteiger partial charge in [-0.05, 0) is 45.2 Å². The molecule has 1 aliphatic rings. The van der Waals surface area contributed by atoms with E-state index in [1.54, 1.807) is 6.07 Å². The quantitative estimate of drug-likeness (QED) is 0.794. The Kier molecular flexibility index (Phi) is 6.29. The van der Waals surface area contributed by atoms with Crippen molar-refractivity contribution < 1.29 is 9.53 Å². The summed E-state index contributed by atoms with van der Waals surface area (Å²) in [5.41, 5.74) is 0.437. The fraction of sp³-hybridized carbons (Fsp3) is 0.429. The number of amides is 1. The van der Waals surface area contributed by atoms with Gasteiger partial charge in [-0.3, -0.25) is 9.69 Å². The molecule has 6 heteroatoms. The average Bonchev–Trinajstić information content (AvgIpc) is 2.69. The van der Waals surface area contributed by atoms with Gasteiger partial charge in [0.2, 0.25) is 0 Å². The van der Waals surface area contributed by atoms with Crippen LogP contribution < -0.4 is 15.0 Å². The molecular weight excluding hydrogens is 340 g/mol. The van der Waals surface area contributed by atoms with E-state index in [1.807, 2.05) is 42.5 Å². The minimum atomic E-state index is -0.177. The van der Waals surface area contributed by atoms with Crippen molar-refractivity contribution in [3.05, 3.63) is 54.2 Å². The molecule has 27 heavy (non-hydrogen) atoms. The molecule has 2 heterocycles. The molecule has 2 unspecified atom stereocenters. The molecule has 1 amide bonds. The average molecular weight is 368 g/mol. The molecule has 1 aromatic carbocycles. The van der Waals surface area contributed by atoms with Gasteiger partial charge in [0.25, 0.3) is 5.91 Å². The number of piperazine rings is 1. The first kappa shape index (κ1) is 19.2. The Hall–Kier alpha value is -2.60. The fourth-order valence-corrected chi connectivity index (χ4v) is 3.26. The number of carbonyl (C=O) groups is 1.